The van der Waals surface area contributed by atoms with Gasteiger partial charge in [-0.25, -0.2) is 4.79 Å². The molecular formula is C22H27ClN2O3S. The number of carbonyl (C=O) groups is 2. The molecule has 1 amide bonds. The van der Waals surface area contributed by atoms with Crippen LogP contribution >= 0.6 is 22.9 Å². The fourth-order valence-electron chi connectivity index (χ4n) is 3.74. The van der Waals surface area contributed by atoms with Crippen molar-refractivity contribution in [3.05, 3.63) is 40.2 Å². The van der Waals surface area contributed by atoms with Crippen molar-refractivity contribution in [2.45, 2.75) is 45.1 Å². The summed E-state index contributed by atoms with van der Waals surface area (Å²) in [7, 11) is 2.00. The second-order valence-corrected chi connectivity index (χ2v) is 8.65. The van der Waals surface area contributed by atoms with Crippen LogP contribution < -0.4 is 5.32 Å². The third-order valence-corrected chi connectivity index (χ3v) is 6.42. The van der Waals surface area contributed by atoms with E-state index in [0.717, 1.165) is 24.0 Å². The first-order valence-electron chi connectivity index (χ1n) is 10.0. The molecule has 5 nitrogen and oxygen atoms in total. The van der Waals surface area contributed by atoms with Crippen LogP contribution in [0.4, 0.5) is 5.00 Å². The topological polar surface area (TPSA) is 58.6 Å². The normalized spacial score (nSPS) is 14.8. The first-order chi connectivity index (χ1) is 14.0. The zero-order chi connectivity index (χ0) is 20.8. The molecule has 1 fully saturated rings. The van der Waals surface area contributed by atoms with Crippen molar-refractivity contribution in [2.75, 3.05) is 25.5 Å². The van der Waals surface area contributed by atoms with Crippen LogP contribution in [-0.2, 0) is 9.53 Å². The molecule has 0 aliphatic heterocycles. The van der Waals surface area contributed by atoms with E-state index in [9.17, 15) is 9.59 Å². The van der Waals surface area contributed by atoms with Crippen LogP contribution in [0.25, 0.3) is 11.1 Å². The maximum Gasteiger partial charge on any atom is 0.341 e. The number of hydrogen-bond donors (Lipinski definition) is 1. The third-order valence-electron chi connectivity index (χ3n) is 5.27. The highest BCUT2D eigenvalue weighted by molar-refractivity contribution is 7.15. The summed E-state index contributed by atoms with van der Waals surface area (Å²) in [4.78, 5) is 27.4. The van der Waals surface area contributed by atoms with E-state index in [4.69, 9.17) is 16.3 Å². The number of amides is 1. The molecule has 2 aromatic rings. The molecule has 0 unspecified atom stereocenters. The Bertz CT molecular complexity index is 844. The van der Waals surface area contributed by atoms with Gasteiger partial charge in [0.2, 0.25) is 5.91 Å². The highest BCUT2D eigenvalue weighted by Crippen LogP contribution is 2.36. The molecule has 1 aromatic carbocycles. The summed E-state index contributed by atoms with van der Waals surface area (Å²) in [6.45, 7) is 2.34. The Morgan fingerprint density at radius 1 is 1.21 bits per heavy atom. The number of nitrogens with one attached hydrogen (secondary N) is 1. The van der Waals surface area contributed by atoms with Crippen LogP contribution in [0.3, 0.4) is 0 Å². The Balaban J connectivity index is 1.78. The van der Waals surface area contributed by atoms with Crippen molar-refractivity contribution >= 4 is 39.8 Å². The van der Waals surface area contributed by atoms with Gasteiger partial charge in [0.25, 0.3) is 0 Å². The summed E-state index contributed by atoms with van der Waals surface area (Å²) in [5.74, 6) is -0.553. The van der Waals surface area contributed by atoms with E-state index in [2.05, 4.69) is 10.2 Å². The van der Waals surface area contributed by atoms with Gasteiger partial charge in [0.05, 0.1) is 13.2 Å². The standard InChI is InChI=1S/C22H27ClN2O3S/c1-3-28-22(27)20-18(15-9-11-16(23)12-10-15)14-29-21(20)24-19(26)13-25(2)17-7-5-4-6-8-17/h9-12,14,17H,3-8,13H2,1-2H3,(H,24,26). The van der Waals surface area contributed by atoms with Crippen LogP contribution in [0.5, 0.6) is 0 Å². The highest BCUT2D eigenvalue weighted by Gasteiger charge is 2.24. The van der Waals surface area contributed by atoms with Crippen LogP contribution in [-0.4, -0.2) is 43.0 Å². The number of hydrogen-bond acceptors (Lipinski definition) is 5. The van der Waals surface area contributed by atoms with Crippen molar-refractivity contribution < 1.29 is 14.3 Å². The highest BCUT2D eigenvalue weighted by atomic mass is 35.5. The SMILES string of the molecule is CCOC(=O)c1c(-c2ccc(Cl)cc2)csc1NC(=O)CN(C)C1CCCCC1. The number of likely N-dealkylation sites (N-methyl/N-ethyl adjacent to an activating group) is 1. The maximum absolute atomic E-state index is 12.7. The minimum absolute atomic E-state index is 0.117. The van der Waals surface area contributed by atoms with E-state index in [1.54, 1.807) is 19.1 Å². The summed E-state index contributed by atoms with van der Waals surface area (Å²) in [5, 5.41) is 5.95. The molecule has 7 heteroatoms. The van der Waals surface area contributed by atoms with E-state index in [-0.39, 0.29) is 12.5 Å². The molecule has 1 saturated carbocycles. The van der Waals surface area contributed by atoms with Gasteiger partial charge in [0.1, 0.15) is 10.6 Å². The predicted octanol–water partition coefficient (Wildman–Crippen LogP) is 5.45. The van der Waals surface area contributed by atoms with Crippen molar-refractivity contribution in [1.29, 1.82) is 0 Å². The van der Waals surface area contributed by atoms with Crippen LogP contribution in [0.15, 0.2) is 29.6 Å². The van der Waals surface area contributed by atoms with Crippen molar-refractivity contribution in [3.8, 4) is 11.1 Å². The van der Waals surface area contributed by atoms with Gasteiger partial charge in [-0.15, -0.1) is 11.3 Å². The number of esters is 1. The average Bonchev–Trinajstić information content (AvgIpc) is 3.12. The number of nitrogens with zero attached hydrogens (tertiary/aromatic N) is 1. The fourth-order valence-corrected chi connectivity index (χ4v) is 4.84. The lowest BCUT2D eigenvalue weighted by Gasteiger charge is -2.30. The van der Waals surface area contributed by atoms with E-state index in [1.165, 1.54) is 30.6 Å². The van der Waals surface area contributed by atoms with Gasteiger partial charge in [-0.1, -0.05) is 43.0 Å². The Morgan fingerprint density at radius 3 is 2.55 bits per heavy atom. The molecule has 0 bridgehead atoms. The Morgan fingerprint density at radius 2 is 1.90 bits per heavy atom. The van der Waals surface area contributed by atoms with Gasteiger partial charge < -0.3 is 10.1 Å². The number of thiophene rings is 1. The van der Waals surface area contributed by atoms with Gasteiger partial charge in [-0.3, -0.25) is 9.69 Å². The van der Waals surface area contributed by atoms with E-state index < -0.39 is 5.97 Å². The Hall–Kier alpha value is -1.89. The molecule has 156 valence electrons. The van der Waals surface area contributed by atoms with Crippen LogP contribution in [0.1, 0.15) is 49.4 Å². The zero-order valence-electron chi connectivity index (χ0n) is 16.9. The smallest absolute Gasteiger partial charge is 0.341 e. The summed E-state index contributed by atoms with van der Waals surface area (Å²) < 4.78 is 5.25. The maximum atomic E-state index is 12.7. The van der Waals surface area contributed by atoms with Crippen LogP contribution in [0.2, 0.25) is 5.02 Å². The zero-order valence-corrected chi connectivity index (χ0v) is 18.4. The van der Waals surface area contributed by atoms with Gasteiger partial charge in [0.15, 0.2) is 0 Å². The quantitative estimate of drug-likeness (QED) is 0.589. The molecule has 1 aromatic heterocycles. The fraction of sp³-hybridized carbons (Fsp3) is 0.455. The molecule has 1 heterocycles. The lowest BCUT2D eigenvalue weighted by atomic mass is 9.94. The number of halogens is 1. The summed E-state index contributed by atoms with van der Waals surface area (Å²) in [6.07, 6.45) is 6.00. The molecule has 1 aliphatic carbocycles. The monoisotopic (exact) mass is 434 g/mol. The Kier molecular flexibility index (Phi) is 7.70. The number of carbonyl (C=O) groups excluding carboxylic acids is 2. The molecular weight excluding hydrogens is 408 g/mol. The minimum Gasteiger partial charge on any atom is -0.462 e. The molecule has 0 radical (unpaired) electrons. The van der Waals surface area contributed by atoms with Crippen molar-refractivity contribution in [2.24, 2.45) is 0 Å². The third kappa shape index (κ3) is 5.59. The molecule has 1 N–H and O–H groups in total. The number of rotatable bonds is 7. The van der Waals surface area contributed by atoms with Gasteiger partial charge in [-0.05, 0) is 44.5 Å². The van der Waals surface area contributed by atoms with Gasteiger partial charge in [-0.2, -0.15) is 0 Å². The van der Waals surface area contributed by atoms with E-state index >= 15 is 0 Å². The molecule has 29 heavy (non-hydrogen) atoms. The van der Waals surface area contributed by atoms with E-state index in [0.29, 0.717) is 28.2 Å². The lowest BCUT2D eigenvalue weighted by molar-refractivity contribution is -0.117. The van der Waals surface area contributed by atoms with E-state index in [1.807, 2.05) is 24.6 Å². The second-order valence-electron chi connectivity index (χ2n) is 7.34. The molecule has 0 atom stereocenters. The van der Waals surface area contributed by atoms with Crippen molar-refractivity contribution in [1.82, 2.24) is 4.90 Å². The van der Waals surface area contributed by atoms with Gasteiger partial charge in [0, 0.05) is 22.0 Å². The first-order valence-corrected chi connectivity index (χ1v) is 11.3. The molecule has 1 aliphatic rings. The molecule has 0 spiro atoms. The molecule has 0 saturated heterocycles. The minimum atomic E-state index is -0.436. The Labute approximate surface area is 181 Å². The summed E-state index contributed by atoms with van der Waals surface area (Å²) >= 11 is 7.32. The summed E-state index contributed by atoms with van der Waals surface area (Å²) in [6, 6.07) is 7.72. The lowest BCUT2D eigenvalue weighted by Crippen LogP contribution is -2.39. The number of benzene rings is 1. The van der Waals surface area contributed by atoms with Gasteiger partial charge >= 0.3 is 5.97 Å². The number of anilines is 1. The second kappa shape index (κ2) is 10.2. The number of ether oxygens (including phenoxy) is 1. The van der Waals surface area contributed by atoms with Crippen molar-refractivity contribution in [3.63, 3.8) is 0 Å². The van der Waals surface area contributed by atoms with Crippen LogP contribution in [0, 0.1) is 0 Å². The average molecular weight is 435 g/mol. The summed E-state index contributed by atoms with van der Waals surface area (Å²) in [5.41, 5.74) is 1.99. The largest absolute Gasteiger partial charge is 0.462 e. The predicted molar refractivity (Wildman–Crippen MR) is 119 cm³/mol. The first kappa shape index (κ1) is 21.8. The molecule has 3 rings (SSSR count).